The summed E-state index contributed by atoms with van der Waals surface area (Å²) >= 11 is 0. The van der Waals surface area contributed by atoms with Gasteiger partial charge in [0.05, 0.1) is 7.18 Å². The van der Waals surface area contributed by atoms with Crippen molar-refractivity contribution in [3.8, 4) is 0 Å². The van der Waals surface area contributed by atoms with Crippen LogP contribution in [0.2, 0.25) is 0 Å². The fourth-order valence-corrected chi connectivity index (χ4v) is 0.376. The van der Waals surface area contributed by atoms with Crippen LogP contribution in [0.5, 0.6) is 0 Å². The van der Waals surface area contributed by atoms with Gasteiger partial charge in [-0.1, -0.05) is 18.1 Å². The van der Waals surface area contributed by atoms with E-state index in [9.17, 15) is 4.39 Å². The van der Waals surface area contributed by atoms with Crippen molar-refractivity contribution in [1.82, 2.24) is 4.98 Å². The Kier molecular flexibility index (Phi) is 18.0. The van der Waals surface area contributed by atoms with Crippen LogP contribution in [0, 0.1) is 0 Å². The average molecular weight is 183 g/mol. The van der Waals surface area contributed by atoms with E-state index >= 15 is 0 Å². The van der Waals surface area contributed by atoms with Gasteiger partial charge in [0.2, 0.25) is 0 Å². The maximum atomic E-state index is 9.50. The van der Waals surface area contributed by atoms with Gasteiger partial charge in [0.15, 0.2) is 0 Å². The number of nitrogens with zero attached hydrogens (tertiary/aromatic N) is 4. The third-order valence-electron chi connectivity index (χ3n) is 0.771. The van der Waals surface area contributed by atoms with Gasteiger partial charge in [-0.05, 0) is 17.7 Å². The van der Waals surface area contributed by atoms with Gasteiger partial charge in [0.1, 0.15) is 0 Å². The molecule has 0 unspecified atom stereocenters. The van der Waals surface area contributed by atoms with Crippen molar-refractivity contribution in [1.29, 1.82) is 0 Å². The molecule has 1 aromatic rings. The summed E-state index contributed by atoms with van der Waals surface area (Å²) in [7, 11) is 0.500. The van der Waals surface area contributed by atoms with E-state index in [2.05, 4.69) is 15.0 Å². The lowest BCUT2D eigenvalue weighted by atomic mass is 10.5. The minimum atomic E-state index is 0.500. The monoisotopic (exact) mass is 183 g/mol. The number of aromatic nitrogens is 1. The summed E-state index contributed by atoms with van der Waals surface area (Å²) in [6.07, 6.45) is 3.50. The zero-order valence-electron chi connectivity index (χ0n) is 7.76. The molecule has 0 radical (unpaired) electrons. The Bertz CT molecular complexity index is 182. The number of azide groups is 1. The predicted octanol–water partition coefficient (Wildman–Crippen LogP) is 2.98. The third-order valence-corrected chi connectivity index (χ3v) is 0.771. The Morgan fingerprint density at radius 2 is 1.85 bits per heavy atom. The van der Waals surface area contributed by atoms with E-state index in [0.29, 0.717) is 13.7 Å². The Labute approximate surface area is 77.1 Å². The third kappa shape index (κ3) is 17.9. The lowest BCUT2D eigenvalue weighted by Gasteiger charge is -1.70. The first kappa shape index (κ1) is 13.9. The van der Waals surface area contributed by atoms with Crippen LogP contribution in [0.3, 0.4) is 0 Å². The van der Waals surface area contributed by atoms with Gasteiger partial charge in [-0.3, -0.25) is 9.37 Å². The van der Waals surface area contributed by atoms with E-state index in [-0.39, 0.29) is 0 Å². The fraction of sp³-hybridized carbons (Fsp3) is 0.375. The van der Waals surface area contributed by atoms with Crippen molar-refractivity contribution < 1.29 is 4.39 Å². The molecule has 13 heavy (non-hydrogen) atoms. The molecule has 0 aliphatic rings. The van der Waals surface area contributed by atoms with Crippen molar-refractivity contribution in [2.75, 3.05) is 13.7 Å². The van der Waals surface area contributed by atoms with E-state index in [4.69, 9.17) is 5.53 Å². The van der Waals surface area contributed by atoms with Gasteiger partial charge in [-0.25, -0.2) is 0 Å². The highest BCUT2D eigenvalue weighted by Gasteiger charge is 1.58. The highest BCUT2D eigenvalue weighted by Crippen LogP contribution is 1.73. The molecule has 1 aromatic heterocycles. The average Bonchev–Trinajstić information content (AvgIpc) is 2.25. The van der Waals surface area contributed by atoms with Crippen molar-refractivity contribution in [2.45, 2.75) is 6.92 Å². The first-order chi connectivity index (χ1) is 6.41. The number of pyridine rings is 1. The maximum absolute atomic E-state index is 9.50. The minimum absolute atomic E-state index is 0.500. The Morgan fingerprint density at radius 3 is 1.92 bits per heavy atom. The van der Waals surface area contributed by atoms with E-state index in [0.717, 1.165) is 0 Å². The molecule has 0 amide bonds. The van der Waals surface area contributed by atoms with E-state index in [1.54, 1.807) is 19.3 Å². The summed E-state index contributed by atoms with van der Waals surface area (Å²) in [5.74, 6) is 0. The Morgan fingerprint density at radius 1 is 1.31 bits per heavy atom. The second kappa shape index (κ2) is 16.8. The standard InChI is InChI=1S/C5H5N.C2H5N3.CH3F/c1-2-4-6-5-3-1;1-2-4-5-3;1-2/h1-5H;2H2,1H3;1H3/i;;2-1. The molecule has 0 saturated carbocycles. The van der Waals surface area contributed by atoms with Crippen LogP contribution < -0.4 is 0 Å². The molecule has 1 heterocycles. The molecule has 5 heteroatoms. The summed E-state index contributed by atoms with van der Waals surface area (Å²) < 4.78 is 9.50. The van der Waals surface area contributed by atoms with Crippen LogP contribution in [-0.4, -0.2) is 18.7 Å². The van der Waals surface area contributed by atoms with E-state index < -0.39 is 0 Å². The smallest absolute Gasteiger partial charge is 0.0785 e. The van der Waals surface area contributed by atoms with Crippen LogP contribution in [0.25, 0.3) is 10.4 Å². The molecule has 4 nitrogen and oxygen atoms in total. The van der Waals surface area contributed by atoms with Gasteiger partial charge in [0.25, 0.3) is 0 Å². The number of alkyl halides is 1. The molecular formula is C8H13FN4. The first-order valence-electron chi connectivity index (χ1n) is 3.65. The largest absolute Gasteiger partial charge is 0.265 e. The lowest BCUT2D eigenvalue weighted by molar-refractivity contribution is 0.636. The molecule has 0 aliphatic heterocycles. The zero-order valence-corrected chi connectivity index (χ0v) is 7.76. The maximum Gasteiger partial charge on any atom is 0.0785 e. The predicted molar refractivity (Wildman–Crippen MR) is 51.0 cm³/mol. The van der Waals surface area contributed by atoms with Crippen molar-refractivity contribution in [2.24, 2.45) is 5.11 Å². The fourth-order valence-electron chi connectivity index (χ4n) is 0.376. The number of hydrogen-bond donors (Lipinski definition) is 0. The second-order valence-electron chi connectivity index (χ2n) is 1.57. The van der Waals surface area contributed by atoms with Gasteiger partial charge < -0.3 is 0 Å². The van der Waals surface area contributed by atoms with E-state index in [1.165, 1.54) is 0 Å². The summed E-state index contributed by atoms with van der Waals surface area (Å²) in [4.78, 5) is 6.26. The van der Waals surface area contributed by atoms with Crippen molar-refractivity contribution in [3.05, 3.63) is 41.0 Å². The van der Waals surface area contributed by atoms with E-state index in [1.807, 2.05) is 18.2 Å². The van der Waals surface area contributed by atoms with Gasteiger partial charge >= 0.3 is 0 Å². The molecule has 0 bridgehead atoms. The van der Waals surface area contributed by atoms with Gasteiger partial charge in [-0.15, -0.1) is 0 Å². The van der Waals surface area contributed by atoms with Crippen LogP contribution in [-0.2, 0) is 0 Å². The molecule has 1 rings (SSSR count). The van der Waals surface area contributed by atoms with Crippen LogP contribution in [0.15, 0.2) is 35.7 Å². The number of halogens is 1. The Balaban J connectivity index is 0. The molecule has 0 fully saturated rings. The first-order valence-corrected chi connectivity index (χ1v) is 3.65. The molecule has 0 N–H and O–H groups in total. The molecule has 0 aliphatic carbocycles. The van der Waals surface area contributed by atoms with Crippen molar-refractivity contribution in [3.63, 3.8) is 0 Å². The summed E-state index contributed by atoms with van der Waals surface area (Å²) in [5, 5.41) is 3.15. The molecule has 0 atom stereocenters. The normalized spacial score (nSPS) is 6.38. The minimum Gasteiger partial charge on any atom is -0.265 e. The van der Waals surface area contributed by atoms with Gasteiger partial charge in [-0.2, -0.15) is 0 Å². The van der Waals surface area contributed by atoms with Crippen molar-refractivity contribution >= 4 is 0 Å². The summed E-state index contributed by atoms with van der Waals surface area (Å²) in [5.41, 5.74) is 7.52. The molecule has 0 spiro atoms. The topological polar surface area (TPSA) is 61.7 Å². The quantitative estimate of drug-likeness (QED) is 0.375. The highest BCUT2D eigenvalue weighted by atomic mass is 18.2. The zero-order chi connectivity index (χ0) is 10.4. The highest BCUT2D eigenvalue weighted by molar-refractivity contribution is 4.88. The molecule has 72 valence electrons. The molecule has 0 aromatic carbocycles. The van der Waals surface area contributed by atoms with Crippen LogP contribution in [0.4, 0.5) is 4.39 Å². The summed E-state index contributed by atoms with van der Waals surface area (Å²) in [6.45, 7) is 2.34. The van der Waals surface area contributed by atoms with Crippen LogP contribution in [0.1, 0.15) is 6.92 Å². The lowest BCUT2D eigenvalue weighted by Crippen LogP contribution is -1.58. The number of rotatable bonds is 1. The van der Waals surface area contributed by atoms with Crippen LogP contribution >= 0.6 is 0 Å². The Hall–Kier alpha value is -1.61. The second-order valence-corrected chi connectivity index (χ2v) is 1.57. The number of hydrogen-bond acceptors (Lipinski definition) is 2. The summed E-state index contributed by atoms with van der Waals surface area (Å²) in [6, 6.07) is 5.72. The molecule has 0 saturated heterocycles. The molecular weight excluding hydrogens is 170 g/mol. The van der Waals surface area contributed by atoms with Gasteiger partial charge in [0, 0.05) is 23.9 Å². The SMILES string of the molecule is CCN=[N+]=[N-].C[18F].c1ccncc1.